The van der Waals surface area contributed by atoms with E-state index in [2.05, 4.69) is 40.4 Å². The van der Waals surface area contributed by atoms with E-state index < -0.39 is 345 Å². The van der Waals surface area contributed by atoms with E-state index in [4.69, 9.17) is 66.3 Å². The molecule has 50 nitrogen and oxygen atoms in total. The van der Waals surface area contributed by atoms with E-state index >= 15 is 0 Å². The molecule has 0 radical (unpaired) electrons. The van der Waals surface area contributed by atoms with Crippen LogP contribution in [0.4, 0.5) is 0 Å². The van der Waals surface area contributed by atoms with E-state index in [0.717, 1.165) is 98.3 Å². The maximum absolute atomic E-state index is 14.5. The van der Waals surface area contributed by atoms with Crippen molar-refractivity contribution in [3.05, 3.63) is 12.2 Å². The first kappa shape index (κ1) is 126. The van der Waals surface area contributed by atoms with Crippen LogP contribution < -0.4 is 41.9 Å². The van der Waals surface area contributed by atoms with Crippen LogP contribution in [-0.4, -0.2) is 434 Å². The number of carboxylic acids is 3. The summed E-state index contributed by atoms with van der Waals surface area (Å²) in [6.07, 6.45) is -40.8. The predicted octanol–water partition coefficient (Wildman–Crippen LogP) is -8.64. The van der Waals surface area contributed by atoms with Crippen LogP contribution in [0.1, 0.15) is 253 Å². The zero-order chi connectivity index (χ0) is 107. The summed E-state index contributed by atoms with van der Waals surface area (Å²) in [6.45, 7) is -1.51. The molecular formula is C95H162N5O45-3. The number of aliphatic hydroxyl groups excluding tert-OH is 20. The number of allylic oxidation sites excluding steroid dienone is 1. The maximum atomic E-state index is 14.5. The minimum Gasteiger partial charge on any atom is -0.544 e. The van der Waals surface area contributed by atoms with E-state index in [0.29, 0.717) is 6.42 Å². The van der Waals surface area contributed by atoms with Crippen molar-refractivity contribution in [2.45, 2.75) is 485 Å². The third-order valence-electron chi connectivity index (χ3n) is 27.3. The molecule has 7 heterocycles. The minimum absolute atomic E-state index is 0.168. The number of aliphatic hydroxyl groups is 20. The molecule has 145 heavy (non-hydrogen) atoms. The lowest BCUT2D eigenvalue weighted by molar-refractivity contribution is -0.422. The number of aliphatic carboxylic acids is 3. The first-order valence-electron chi connectivity index (χ1n) is 51.1. The van der Waals surface area contributed by atoms with Gasteiger partial charge in [0.2, 0.25) is 46.9 Å². The van der Waals surface area contributed by atoms with Gasteiger partial charge in [0.05, 0.1) is 108 Å². The summed E-state index contributed by atoms with van der Waals surface area (Å²) in [6, 6.07) is -8.65. The predicted molar refractivity (Wildman–Crippen MR) is 491 cm³/mol. The second-order valence-electron chi connectivity index (χ2n) is 38.9. The Balaban J connectivity index is 1.24. The van der Waals surface area contributed by atoms with E-state index in [1.165, 1.54) is 96.3 Å². The number of rotatable bonds is 66. The Morgan fingerprint density at radius 2 is 0.779 bits per heavy atom. The summed E-state index contributed by atoms with van der Waals surface area (Å²) in [5.74, 6) is -22.7. The normalized spacial score (nSPS) is 35.1. The molecule has 7 rings (SSSR count). The van der Waals surface area contributed by atoms with Gasteiger partial charge in [-0.3, -0.25) is 24.0 Å². The molecular weight excluding hydrogens is 1930 g/mol. The van der Waals surface area contributed by atoms with Gasteiger partial charge in [-0.05, 0) is 25.7 Å². The van der Waals surface area contributed by atoms with Gasteiger partial charge in [-0.15, -0.1) is 0 Å². The summed E-state index contributed by atoms with van der Waals surface area (Å²) in [4.78, 5) is 107. The number of carbonyl (C=O) groups is 8. The fourth-order valence-electron chi connectivity index (χ4n) is 19.4. The molecule has 38 unspecified atom stereocenters. The van der Waals surface area contributed by atoms with Gasteiger partial charge in [0, 0.05) is 59.8 Å². The Morgan fingerprint density at radius 1 is 0.393 bits per heavy atom. The smallest absolute Gasteiger partial charge is 0.220 e. The van der Waals surface area contributed by atoms with Crippen molar-refractivity contribution in [1.82, 2.24) is 26.6 Å². The standard InChI is InChI=1S/C95H165N5O45/c1-7-9-11-13-15-17-19-21-23-25-27-29-31-33-35-37-66(117)100-54(36-34-32-30-28-26-24-22-20-18-16-14-12-10-8-2)49-132-87-76(123)75(122)79(64(47-106)136-87)138-89-78(125)85(145-95(92(130)131)41-58(114)69(98-52(5)110)83(143-95)74(121)63(46-105)140-93(90(126)127)39-56(112)67(96-50(3)108)81(141-93)71(118)59(115)43-102)80(65(48-107)137-89)139-86-70(99-53(6)111)61(38-55(42-101)133-86)134-88-77(124)84(73(120)62(45-104)135-88)144-94(91(128)129)40-57(113)68(97-51(4)109)82(142-94)72(119)60(116)44-103/h32,34,54-65,67-89,101-107,112-116,118-125H,7-31,33,35-49H2,1-6H3,(H,96,108)(H,97,109)(H,98,110)(H,99,111)(H,100,117)(H,126,127)(H,128,129)(H,130,131)/p-3. The van der Waals surface area contributed by atoms with Crippen LogP contribution in [0.3, 0.4) is 0 Å². The molecule has 0 saturated carbocycles. The van der Waals surface area contributed by atoms with E-state index in [-0.39, 0.29) is 25.4 Å². The fraction of sp³-hybridized carbons (Fsp3) is 0.895. The molecule has 25 N–H and O–H groups in total. The van der Waals surface area contributed by atoms with Gasteiger partial charge in [0.1, 0.15) is 152 Å². The SMILES string of the molecule is CCCCCCCCCCCCCC=CCC(COC1OC(CO)C(OC2OC(CO)C(OC3OC(CO)CC(OC4OC(CO)C(O)C(OC5(C(=O)[O-])CC(O)C(NC(C)=O)C(C(O)C(O)CO)O5)C4O)C3NC(C)=O)C(OC3(C(=O)[O-])CC(O)C(NC(C)=O)C(C(O)C(CO)OC4(C(=O)[O-])CC(O)C(NC(C)=O)C(C(O)C(O)CO)O4)O3)C2O)C(O)C1O)NC(=O)CCCCCCCCCCCCCCCCC. The van der Waals surface area contributed by atoms with Crippen LogP contribution in [0.5, 0.6) is 0 Å². The number of hydrogen-bond acceptors (Lipinski definition) is 45. The van der Waals surface area contributed by atoms with Crippen molar-refractivity contribution in [1.29, 1.82) is 0 Å². The number of hydrogen-bond donors (Lipinski definition) is 25. The van der Waals surface area contributed by atoms with Crippen molar-refractivity contribution < 1.29 is 222 Å². The van der Waals surface area contributed by atoms with Crippen molar-refractivity contribution in [2.24, 2.45) is 0 Å². The Labute approximate surface area is 842 Å². The molecule has 0 aromatic heterocycles. The highest BCUT2D eigenvalue weighted by Crippen LogP contribution is 2.45. The number of carboxylic acid groups (broad SMARTS) is 3. The lowest BCUT2D eigenvalue weighted by Gasteiger charge is -2.54. The second-order valence-corrected chi connectivity index (χ2v) is 38.9. The molecule has 0 aromatic carbocycles. The van der Waals surface area contributed by atoms with Gasteiger partial charge in [-0.25, -0.2) is 0 Å². The molecule has 7 fully saturated rings. The van der Waals surface area contributed by atoms with Gasteiger partial charge in [-0.2, -0.15) is 0 Å². The molecule has 7 aliphatic rings. The first-order chi connectivity index (χ1) is 69.0. The van der Waals surface area contributed by atoms with Crippen molar-refractivity contribution in [3.8, 4) is 0 Å². The van der Waals surface area contributed by atoms with Gasteiger partial charge in [0.15, 0.2) is 25.2 Å². The molecule has 0 spiro atoms. The van der Waals surface area contributed by atoms with Crippen molar-refractivity contribution in [3.63, 3.8) is 0 Å². The zero-order valence-electron chi connectivity index (χ0n) is 83.5. The summed E-state index contributed by atoms with van der Waals surface area (Å²) in [5, 5.41) is 282. The highest BCUT2D eigenvalue weighted by molar-refractivity contribution is 5.78. The summed E-state index contributed by atoms with van der Waals surface area (Å²) in [5.41, 5.74) is 0. The molecule has 0 bridgehead atoms. The summed E-state index contributed by atoms with van der Waals surface area (Å²) < 4.78 is 84.8. The highest BCUT2D eigenvalue weighted by Gasteiger charge is 2.64. The topological polar surface area (TPSA) is 800 Å². The maximum Gasteiger partial charge on any atom is 0.220 e. The number of amides is 5. The monoisotopic (exact) mass is 2090 g/mol. The average molecular weight is 2090 g/mol. The quantitative estimate of drug-likeness (QED) is 0.0199. The highest BCUT2D eigenvalue weighted by atomic mass is 16.8. The third kappa shape index (κ3) is 36.4. The molecule has 50 heteroatoms. The van der Waals surface area contributed by atoms with Crippen LogP contribution in [0.25, 0.3) is 0 Å². The first-order valence-corrected chi connectivity index (χ1v) is 51.1. The molecule has 38 atom stereocenters. The second kappa shape index (κ2) is 63.0. The van der Waals surface area contributed by atoms with E-state index in [1.54, 1.807) is 0 Å². The van der Waals surface area contributed by atoms with Crippen molar-refractivity contribution in [2.75, 3.05) is 52.9 Å². The lowest BCUT2D eigenvalue weighted by atomic mass is 9.87. The van der Waals surface area contributed by atoms with Crippen molar-refractivity contribution >= 4 is 47.4 Å². The molecule has 0 aromatic rings. The van der Waals surface area contributed by atoms with Crippen LogP contribution in [0, 0.1) is 0 Å². The zero-order valence-corrected chi connectivity index (χ0v) is 83.5. The van der Waals surface area contributed by atoms with Crippen LogP contribution in [-0.2, 0) is 105 Å². The fourth-order valence-corrected chi connectivity index (χ4v) is 19.4. The van der Waals surface area contributed by atoms with Crippen LogP contribution in [0.2, 0.25) is 0 Å². The Morgan fingerprint density at radius 3 is 1.21 bits per heavy atom. The lowest BCUT2D eigenvalue weighted by Crippen LogP contribution is -2.73. The van der Waals surface area contributed by atoms with Crippen LogP contribution >= 0.6 is 0 Å². The van der Waals surface area contributed by atoms with Gasteiger partial charge in [-0.1, -0.05) is 180 Å². The van der Waals surface area contributed by atoms with Gasteiger partial charge in [0.25, 0.3) is 0 Å². The molecule has 7 saturated heterocycles. The molecule has 7 aliphatic heterocycles. The Kier molecular flexibility index (Phi) is 54.7. The Hall–Kier alpha value is -5.86. The summed E-state index contributed by atoms with van der Waals surface area (Å²) >= 11 is 0. The molecule has 0 aliphatic carbocycles. The number of unbranched alkanes of at least 4 members (excludes halogenated alkanes) is 25. The van der Waals surface area contributed by atoms with E-state index in [1.807, 2.05) is 12.2 Å². The molecule has 5 amide bonds. The van der Waals surface area contributed by atoms with Crippen LogP contribution in [0.15, 0.2) is 12.2 Å². The average Bonchev–Trinajstić information content (AvgIpc) is 0.767. The van der Waals surface area contributed by atoms with Gasteiger partial charge >= 0.3 is 0 Å². The minimum atomic E-state index is -3.87. The Bertz CT molecular complexity index is 3840. The number of carbonyl (C=O) groups excluding carboxylic acids is 8. The number of ether oxygens (including phenoxy) is 14. The third-order valence-corrected chi connectivity index (χ3v) is 27.3. The van der Waals surface area contributed by atoms with Gasteiger partial charge < -0.3 is 225 Å². The number of nitrogens with one attached hydrogen (secondary N) is 5. The molecule has 840 valence electrons. The summed E-state index contributed by atoms with van der Waals surface area (Å²) in [7, 11) is 0. The van der Waals surface area contributed by atoms with E-state index in [9.17, 15) is 156 Å². The largest absolute Gasteiger partial charge is 0.544 e.